The first-order chi connectivity index (χ1) is 6.59. The zero-order valence-electron chi connectivity index (χ0n) is 7.26. The number of aromatic hydroxyl groups is 1. The quantitative estimate of drug-likeness (QED) is 0.842. The van der Waals surface area contributed by atoms with E-state index in [-0.39, 0.29) is 5.75 Å². The average molecular weight is 276 g/mol. The molecule has 0 atom stereocenters. The lowest BCUT2D eigenvalue weighted by molar-refractivity contribution is -0.109. The molecule has 1 aromatic carbocycles. The molecule has 0 amide bonds. The molecule has 1 saturated carbocycles. The van der Waals surface area contributed by atoms with Crippen LogP contribution in [-0.4, -0.2) is 11.4 Å². The minimum absolute atomic E-state index is 0.124. The Balaban J connectivity index is 2.58. The zero-order chi connectivity index (χ0) is 10.3. The van der Waals surface area contributed by atoms with E-state index in [0.29, 0.717) is 15.1 Å². The van der Waals surface area contributed by atoms with E-state index in [1.807, 2.05) is 0 Å². The van der Waals surface area contributed by atoms with Crippen LogP contribution in [0, 0.1) is 0 Å². The van der Waals surface area contributed by atoms with E-state index in [4.69, 9.17) is 11.6 Å². The summed E-state index contributed by atoms with van der Waals surface area (Å²) in [4.78, 5) is 10.9. The van der Waals surface area contributed by atoms with Gasteiger partial charge in [0.05, 0.1) is 9.89 Å². The third-order valence-electron chi connectivity index (χ3n) is 2.58. The van der Waals surface area contributed by atoms with Crippen molar-refractivity contribution in [2.24, 2.45) is 0 Å². The van der Waals surface area contributed by atoms with Gasteiger partial charge in [-0.15, -0.1) is 0 Å². The predicted molar refractivity (Wildman–Crippen MR) is 57.8 cm³/mol. The molecule has 0 saturated heterocycles. The van der Waals surface area contributed by atoms with E-state index in [0.717, 1.165) is 19.1 Å². The third kappa shape index (κ3) is 1.44. The van der Waals surface area contributed by atoms with Gasteiger partial charge in [0.15, 0.2) is 0 Å². The van der Waals surface area contributed by atoms with Crippen LogP contribution >= 0.6 is 27.5 Å². The van der Waals surface area contributed by atoms with E-state index in [9.17, 15) is 9.90 Å². The molecule has 0 heterocycles. The molecule has 4 heteroatoms. The maximum absolute atomic E-state index is 10.9. The van der Waals surface area contributed by atoms with Gasteiger partial charge in [-0.2, -0.15) is 0 Å². The van der Waals surface area contributed by atoms with E-state index >= 15 is 0 Å². The summed E-state index contributed by atoms with van der Waals surface area (Å²) in [5.41, 5.74) is 0.143. The number of hydrogen-bond donors (Lipinski definition) is 1. The first kappa shape index (κ1) is 9.99. The van der Waals surface area contributed by atoms with Crippen molar-refractivity contribution in [3.8, 4) is 5.75 Å². The first-order valence-electron chi connectivity index (χ1n) is 4.24. The zero-order valence-corrected chi connectivity index (χ0v) is 9.60. The number of phenols is 1. The molecule has 0 aliphatic heterocycles. The molecule has 1 aromatic rings. The highest BCUT2D eigenvalue weighted by Gasteiger charge is 2.46. The number of rotatable bonds is 2. The Kier molecular flexibility index (Phi) is 2.32. The lowest BCUT2D eigenvalue weighted by Crippen LogP contribution is -2.08. The van der Waals surface area contributed by atoms with Gasteiger partial charge in [0.25, 0.3) is 0 Å². The Labute approximate surface area is 95.0 Å². The molecule has 0 bridgehead atoms. The molecule has 14 heavy (non-hydrogen) atoms. The molecule has 0 spiro atoms. The third-order valence-corrected chi connectivity index (χ3v) is 3.40. The van der Waals surface area contributed by atoms with E-state index in [1.165, 1.54) is 0 Å². The van der Waals surface area contributed by atoms with Crippen molar-refractivity contribution in [2.45, 2.75) is 18.3 Å². The Morgan fingerprint density at radius 2 is 2.14 bits per heavy atom. The fourth-order valence-corrected chi connectivity index (χ4v) is 2.34. The summed E-state index contributed by atoms with van der Waals surface area (Å²) >= 11 is 9.05. The monoisotopic (exact) mass is 274 g/mol. The average Bonchev–Trinajstić information content (AvgIpc) is 2.92. The number of phenolic OH excluding ortho intramolecular Hbond substituents is 1. The van der Waals surface area contributed by atoms with Crippen LogP contribution in [0.3, 0.4) is 0 Å². The minimum atomic E-state index is -0.489. The van der Waals surface area contributed by atoms with Gasteiger partial charge in [-0.05, 0) is 40.9 Å². The van der Waals surface area contributed by atoms with Crippen LogP contribution in [0.25, 0.3) is 0 Å². The molecule has 0 unspecified atom stereocenters. The van der Waals surface area contributed by atoms with E-state index in [2.05, 4.69) is 15.9 Å². The minimum Gasteiger partial charge on any atom is -0.506 e. The van der Waals surface area contributed by atoms with Crippen molar-refractivity contribution in [1.82, 2.24) is 0 Å². The van der Waals surface area contributed by atoms with Gasteiger partial charge in [-0.3, -0.25) is 0 Å². The van der Waals surface area contributed by atoms with Crippen LogP contribution in [0.15, 0.2) is 16.6 Å². The van der Waals surface area contributed by atoms with Crippen molar-refractivity contribution in [1.29, 1.82) is 0 Å². The highest BCUT2D eigenvalue weighted by Crippen LogP contribution is 2.51. The van der Waals surface area contributed by atoms with Crippen molar-refractivity contribution >= 4 is 33.8 Å². The summed E-state index contributed by atoms with van der Waals surface area (Å²) in [5.74, 6) is 0.124. The van der Waals surface area contributed by atoms with Crippen LogP contribution < -0.4 is 0 Å². The summed E-state index contributed by atoms with van der Waals surface area (Å²) in [6.07, 6.45) is 2.47. The Morgan fingerprint density at radius 3 is 2.64 bits per heavy atom. The van der Waals surface area contributed by atoms with E-state index in [1.54, 1.807) is 12.1 Å². The molecular formula is C10H8BrClO2. The van der Waals surface area contributed by atoms with Crippen LogP contribution in [0.4, 0.5) is 0 Å². The number of carbonyl (C=O) groups excluding carboxylic acids is 1. The van der Waals surface area contributed by atoms with Crippen molar-refractivity contribution in [2.75, 3.05) is 0 Å². The highest BCUT2D eigenvalue weighted by molar-refractivity contribution is 9.10. The topological polar surface area (TPSA) is 37.3 Å². The number of carbonyl (C=O) groups is 1. The second-order valence-electron chi connectivity index (χ2n) is 3.56. The van der Waals surface area contributed by atoms with Gasteiger partial charge in [0.2, 0.25) is 0 Å². The largest absolute Gasteiger partial charge is 0.506 e. The molecule has 0 radical (unpaired) electrons. The fourth-order valence-electron chi connectivity index (χ4n) is 1.53. The fraction of sp³-hybridized carbons (Fsp3) is 0.300. The standard InChI is InChI=1S/C10H8BrClO2/c11-8-4-6(12)3-7(9(8)14)10(5-13)1-2-10/h3-5,14H,1-2H2. The summed E-state index contributed by atoms with van der Waals surface area (Å²) in [6.45, 7) is 0. The molecular weight excluding hydrogens is 267 g/mol. The summed E-state index contributed by atoms with van der Waals surface area (Å²) in [6, 6.07) is 3.27. The summed E-state index contributed by atoms with van der Waals surface area (Å²) in [7, 11) is 0. The van der Waals surface area contributed by atoms with Gasteiger partial charge < -0.3 is 9.90 Å². The molecule has 2 nitrogen and oxygen atoms in total. The maximum Gasteiger partial charge on any atom is 0.134 e. The highest BCUT2D eigenvalue weighted by atomic mass is 79.9. The van der Waals surface area contributed by atoms with E-state index < -0.39 is 5.41 Å². The SMILES string of the molecule is O=CC1(c2cc(Cl)cc(Br)c2O)CC1. The lowest BCUT2D eigenvalue weighted by atomic mass is 9.97. The van der Waals surface area contributed by atoms with Gasteiger partial charge in [-0.25, -0.2) is 0 Å². The molecule has 0 aromatic heterocycles. The molecule has 74 valence electrons. The summed E-state index contributed by atoms with van der Waals surface area (Å²) in [5, 5.41) is 10.3. The first-order valence-corrected chi connectivity index (χ1v) is 5.41. The smallest absolute Gasteiger partial charge is 0.134 e. The maximum atomic E-state index is 10.9. The molecule has 2 rings (SSSR count). The summed E-state index contributed by atoms with van der Waals surface area (Å²) < 4.78 is 0.535. The van der Waals surface area contributed by atoms with Gasteiger partial charge in [0, 0.05) is 10.6 Å². The van der Waals surface area contributed by atoms with Crippen molar-refractivity contribution in [3.05, 3.63) is 27.2 Å². The van der Waals surface area contributed by atoms with Gasteiger partial charge >= 0.3 is 0 Å². The van der Waals surface area contributed by atoms with Crippen LogP contribution in [0.2, 0.25) is 5.02 Å². The molecule has 1 aliphatic carbocycles. The second kappa shape index (κ2) is 3.24. The number of aldehydes is 1. The lowest BCUT2D eigenvalue weighted by Gasteiger charge is -2.11. The normalized spacial score (nSPS) is 17.9. The number of halogens is 2. The Hall–Kier alpha value is -0.540. The second-order valence-corrected chi connectivity index (χ2v) is 4.85. The van der Waals surface area contributed by atoms with Crippen molar-refractivity contribution < 1.29 is 9.90 Å². The Bertz CT molecular complexity index is 399. The van der Waals surface area contributed by atoms with Crippen LogP contribution in [0.5, 0.6) is 5.75 Å². The Morgan fingerprint density at radius 1 is 1.50 bits per heavy atom. The van der Waals surface area contributed by atoms with Crippen LogP contribution in [0.1, 0.15) is 18.4 Å². The number of benzene rings is 1. The van der Waals surface area contributed by atoms with Crippen molar-refractivity contribution in [3.63, 3.8) is 0 Å². The van der Waals surface area contributed by atoms with Gasteiger partial charge in [0.1, 0.15) is 12.0 Å². The molecule has 1 fully saturated rings. The molecule has 1 N–H and O–H groups in total. The molecule has 1 aliphatic rings. The predicted octanol–water partition coefficient (Wildman–Crippen LogP) is 3.04. The van der Waals surface area contributed by atoms with Crippen LogP contribution in [-0.2, 0) is 10.2 Å². The van der Waals surface area contributed by atoms with Gasteiger partial charge in [-0.1, -0.05) is 11.6 Å². The number of hydrogen-bond acceptors (Lipinski definition) is 2.